The molecule has 0 amide bonds. The molecule has 150 valence electrons. The van der Waals surface area contributed by atoms with Gasteiger partial charge in [-0.3, -0.25) is 9.59 Å². The van der Waals surface area contributed by atoms with Crippen molar-refractivity contribution in [3.05, 3.63) is 65.0 Å². The van der Waals surface area contributed by atoms with Gasteiger partial charge in [0.25, 0.3) is 0 Å². The molecular formula is C21H17F3N2O3. The van der Waals surface area contributed by atoms with Crippen LogP contribution in [-0.4, -0.2) is 27.9 Å². The predicted octanol–water partition coefficient (Wildman–Crippen LogP) is 3.97. The molecule has 0 radical (unpaired) electrons. The monoisotopic (exact) mass is 402 g/mol. The van der Waals surface area contributed by atoms with E-state index in [1.54, 1.807) is 24.3 Å². The molecule has 4 rings (SSSR count). The molecule has 29 heavy (non-hydrogen) atoms. The van der Waals surface area contributed by atoms with Crippen LogP contribution in [0.1, 0.15) is 33.7 Å². The Morgan fingerprint density at radius 2 is 1.83 bits per heavy atom. The van der Waals surface area contributed by atoms with E-state index in [9.17, 15) is 22.8 Å². The fourth-order valence-electron chi connectivity index (χ4n) is 3.60. The van der Waals surface area contributed by atoms with Gasteiger partial charge in [-0.25, -0.2) is 4.98 Å². The second-order valence-corrected chi connectivity index (χ2v) is 6.93. The van der Waals surface area contributed by atoms with Gasteiger partial charge in [0.1, 0.15) is 6.54 Å². The summed E-state index contributed by atoms with van der Waals surface area (Å²) in [5.74, 6) is -2.51. The van der Waals surface area contributed by atoms with Crippen LogP contribution >= 0.6 is 0 Å². The number of esters is 1. The van der Waals surface area contributed by atoms with Gasteiger partial charge in [-0.15, -0.1) is 0 Å². The lowest BCUT2D eigenvalue weighted by molar-refractivity contribution is -0.150. The van der Waals surface area contributed by atoms with Crippen molar-refractivity contribution in [3.8, 4) is 0 Å². The third kappa shape index (κ3) is 3.87. The smallest absolute Gasteiger partial charge is 0.449 e. The highest BCUT2D eigenvalue weighted by Gasteiger charge is 2.38. The van der Waals surface area contributed by atoms with Gasteiger partial charge in [-0.2, -0.15) is 13.2 Å². The number of para-hydroxylation sites is 2. The number of imidazole rings is 1. The fourth-order valence-corrected chi connectivity index (χ4v) is 3.60. The van der Waals surface area contributed by atoms with Crippen LogP contribution in [0.25, 0.3) is 11.0 Å². The molecule has 2 aromatic carbocycles. The molecule has 0 saturated heterocycles. The maximum atomic E-state index is 13.3. The van der Waals surface area contributed by atoms with E-state index >= 15 is 0 Å². The molecule has 0 aliphatic heterocycles. The van der Waals surface area contributed by atoms with Crippen molar-refractivity contribution in [1.82, 2.24) is 9.55 Å². The summed E-state index contributed by atoms with van der Waals surface area (Å²) in [4.78, 5) is 28.1. The number of benzene rings is 2. The maximum absolute atomic E-state index is 13.3. The SMILES string of the molecule is O=C(Cn1c(C(F)(F)F)nc2ccccc21)OCC(=O)c1ccc2c(c1)CCC2. The van der Waals surface area contributed by atoms with Crippen LogP contribution in [0.15, 0.2) is 42.5 Å². The lowest BCUT2D eigenvalue weighted by Gasteiger charge is -2.11. The Kier molecular flexibility index (Phi) is 4.86. The lowest BCUT2D eigenvalue weighted by Crippen LogP contribution is -2.22. The molecule has 0 N–H and O–H groups in total. The number of halogens is 3. The molecule has 0 saturated carbocycles. The number of alkyl halides is 3. The Hall–Kier alpha value is -3.16. The summed E-state index contributed by atoms with van der Waals surface area (Å²) in [6, 6.07) is 11.4. The Morgan fingerprint density at radius 3 is 2.62 bits per heavy atom. The van der Waals surface area contributed by atoms with Crippen LogP contribution in [-0.2, 0) is 35.1 Å². The van der Waals surface area contributed by atoms with Crippen molar-refractivity contribution in [2.45, 2.75) is 32.0 Å². The topological polar surface area (TPSA) is 61.2 Å². The molecule has 3 aromatic rings. The van der Waals surface area contributed by atoms with Crippen molar-refractivity contribution < 1.29 is 27.5 Å². The van der Waals surface area contributed by atoms with Crippen LogP contribution in [0.5, 0.6) is 0 Å². The van der Waals surface area contributed by atoms with Crippen LogP contribution in [0.4, 0.5) is 13.2 Å². The Labute approximate surface area is 164 Å². The Bertz CT molecular complexity index is 1100. The van der Waals surface area contributed by atoms with Gasteiger partial charge in [-0.1, -0.05) is 24.3 Å². The zero-order valence-corrected chi connectivity index (χ0v) is 15.3. The standard InChI is InChI=1S/C21H17F3N2O3/c22-21(23,24)20-25-16-6-1-2-7-17(16)26(20)11-19(28)29-12-18(27)15-9-8-13-4-3-5-14(13)10-15/h1-2,6-10H,3-5,11-12H2. The van der Waals surface area contributed by atoms with Crippen LogP contribution < -0.4 is 0 Å². The van der Waals surface area contributed by atoms with Gasteiger partial charge >= 0.3 is 12.1 Å². The van der Waals surface area contributed by atoms with Crippen LogP contribution in [0.3, 0.4) is 0 Å². The summed E-state index contributed by atoms with van der Waals surface area (Å²) in [7, 11) is 0. The third-order valence-electron chi connectivity index (χ3n) is 4.98. The van der Waals surface area contributed by atoms with E-state index in [0.29, 0.717) is 5.56 Å². The van der Waals surface area contributed by atoms with Crippen LogP contribution in [0.2, 0.25) is 0 Å². The molecular weight excluding hydrogens is 385 g/mol. The minimum Gasteiger partial charge on any atom is -0.456 e. The number of fused-ring (bicyclic) bond motifs is 2. The summed E-state index contributed by atoms with van der Waals surface area (Å²) in [6.07, 6.45) is -1.79. The Balaban J connectivity index is 1.47. The minimum atomic E-state index is -4.72. The maximum Gasteiger partial charge on any atom is 0.449 e. The highest BCUT2D eigenvalue weighted by Crippen LogP contribution is 2.31. The molecule has 0 spiro atoms. The first-order valence-electron chi connectivity index (χ1n) is 9.16. The van der Waals surface area contributed by atoms with E-state index in [-0.39, 0.29) is 16.8 Å². The van der Waals surface area contributed by atoms with Gasteiger partial charge in [0.15, 0.2) is 12.4 Å². The number of ether oxygens (including phenoxy) is 1. The first-order chi connectivity index (χ1) is 13.8. The molecule has 1 heterocycles. The zero-order valence-electron chi connectivity index (χ0n) is 15.3. The third-order valence-corrected chi connectivity index (χ3v) is 4.98. The largest absolute Gasteiger partial charge is 0.456 e. The molecule has 0 fully saturated rings. The van der Waals surface area contributed by atoms with Crippen molar-refractivity contribution in [3.63, 3.8) is 0 Å². The first kappa shape index (κ1) is 19.2. The van der Waals surface area contributed by atoms with E-state index in [4.69, 9.17) is 4.74 Å². The number of ketones is 1. The van der Waals surface area contributed by atoms with Crippen molar-refractivity contribution in [2.24, 2.45) is 0 Å². The average Bonchev–Trinajstić information content (AvgIpc) is 3.30. The number of Topliss-reactive ketones (excluding diaryl/α,β-unsaturated/α-hetero) is 1. The first-order valence-corrected chi connectivity index (χ1v) is 9.16. The number of hydrogen-bond donors (Lipinski definition) is 0. The molecule has 8 heteroatoms. The summed E-state index contributed by atoms with van der Waals surface area (Å²) in [6.45, 7) is -1.21. The summed E-state index contributed by atoms with van der Waals surface area (Å²) < 4.78 is 45.6. The number of carbonyl (C=O) groups excluding carboxylic acids is 2. The normalized spacial score (nSPS) is 13.5. The number of aryl methyl sites for hydroxylation is 2. The second-order valence-electron chi connectivity index (χ2n) is 6.93. The number of carbonyl (C=O) groups is 2. The zero-order chi connectivity index (χ0) is 20.6. The molecule has 0 atom stereocenters. The minimum absolute atomic E-state index is 0.127. The summed E-state index contributed by atoms with van der Waals surface area (Å²) in [5.41, 5.74) is 3.05. The molecule has 1 aliphatic carbocycles. The highest BCUT2D eigenvalue weighted by atomic mass is 19.4. The molecule has 1 aromatic heterocycles. The molecule has 0 unspecified atom stereocenters. The van der Waals surface area contributed by atoms with Crippen LogP contribution in [0, 0.1) is 0 Å². The van der Waals surface area contributed by atoms with Gasteiger partial charge < -0.3 is 9.30 Å². The summed E-state index contributed by atoms with van der Waals surface area (Å²) >= 11 is 0. The van der Waals surface area contributed by atoms with Gasteiger partial charge in [0, 0.05) is 5.56 Å². The number of nitrogens with zero attached hydrogens (tertiary/aromatic N) is 2. The molecule has 5 nitrogen and oxygen atoms in total. The second kappa shape index (κ2) is 7.35. The van der Waals surface area contributed by atoms with Crippen molar-refractivity contribution in [1.29, 1.82) is 0 Å². The number of rotatable bonds is 5. The van der Waals surface area contributed by atoms with Gasteiger partial charge in [0.2, 0.25) is 5.82 Å². The Morgan fingerprint density at radius 1 is 1.07 bits per heavy atom. The lowest BCUT2D eigenvalue weighted by atomic mass is 10.0. The van der Waals surface area contributed by atoms with E-state index in [2.05, 4.69) is 4.98 Å². The average molecular weight is 402 g/mol. The predicted molar refractivity (Wildman–Crippen MR) is 98.5 cm³/mol. The van der Waals surface area contributed by atoms with Crippen molar-refractivity contribution >= 4 is 22.8 Å². The van der Waals surface area contributed by atoms with E-state index in [1.807, 2.05) is 6.07 Å². The number of aromatic nitrogens is 2. The van der Waals surface area contributed by atoms with E-state index in [1.165, 1.54) is 17.7 Å². The quantitative estimate of drug-likeness (QED) is 0.479. The van der Waals surface area contributed by atoms with E-state index < -0.39 is 31.1 Å². The number of hydrogen-bond acceptors (Lipinski definition) is 4. The van der Waals surface area contributed by atoms with Gasteiger partial charge in [0.05, 0.1) is 11.0 Å². The fraction of sp³-hybridized carbons (Fsp3) is 0.286. The summed E-state index contributed by atoms with van der Waals surface area (Å²) in [5, 5.41) is 0. The highest BCUT2D eigenvalue weighted by molar-refractivity contribution is 5.98. The van der Waals surface area contributed by atoms with E-state index in [0.717, 1.165) is 29.4 Å². The molecule has 0 bridgehead atoms. The van der Waals surface area contributed by atoms with Crippen molar-refractivity contribution in [2.75, 3.05) is 6.61 Å². The van der Waals surface area contributed by atoms with Gasteiger partial charge in [-0.05, 0) is 48.6 Å². The molecule has 1 aliphatic rings.